The molecule has 2 nitrogen and oxygen atoms in total. The van der Waals surface area contributed by atoms with Crippen molar-refractivity contribution in [3.05, 3.63) is 46.0 Å². The number of carbonyl (C=O) groups excluding carboxylic acids is 1. The summed E-state index contributed by atoms with van der Waals surface area (Å²) in [5.74, 6) is -0.244. The Morgan fingerprint density at radius 1 is 1.33 bits per heavy atom. The van der Waals surface area contributed by atoms with Crippen LogP contribution in [0.25, 0.3) is 0 Å². The van der Waals surface area contributed by atoms with Crippen molar-refractivity contribution >= 4 is 21.9 Å². The van der Waals surface area contributed by atoms with Crippen molar-refractivity contribution in [2.45, 2.75) is 19.4 Å². The zero-order valence-corrected chi connectivity index (χ0v) is 9.95. The van der Waals surface area contributed by atoms with Crippen molar-refractivity contribution in [2.75, 3.05) is 0 Å². The molecule has 0 amide bonds. The summed E-state index contributed by atoms with van der Waals surface area (Å²) in [6.45, 7) is 1.95. The van der Waals surface area contributed by atoms with Gasteiger partial charge in [0.15, 0.2) is 0 Å². The minimum Gasteiger partial charge on any atom is -0.454 e. The highest BCUT2D eigenvalue weighted by Gasteiger charge is 2.20. The highest BCUT2D eigenvalue weighted by Crippen LogP contribution is 2.29. The Bertz CT molecular complexity index is 406. The summed E-state index contributed by atoms with van der Waals surface area (Å²) in [7, 11) is 0. The number of carbonyl (C=O) groups is 1. The van der Waals surface area contributed by atoms with Crippen LogP contribution in [0.4, 0.5) is 0 Å². The predicted octanol–water partition coefficient (Wildman–Crippen LogP) is 3.38. The first-order valence-electron chi connectivity index (χ1n) is 4.78. The summed E-state index contributed by atoms with van der Waals surface area (Å²) < 4.78 is 6.28. The van der Waals surface area contributed by atoms with Gasteiger partial charge in [-0.25, -0.2) is 4.79 Å². The molecule has 0 unspecified atom stereocenters. The van der Waals surface area contributed by atoms with Gasteiger partial charge < -0.3 is 4.74 Å². The molecule has 15 heavy (non-hydrogen) atoms. The first-order chi connectivity index (χ1) is 7.15. The molecule has 0 aliphatic carbocycles. The van der Waals surface area contributed by atoms with Crippen LogP contribution < -0.4 is 0 Å². The largest absolute Gasteiger partial charge is 0.454 e. The molecular weight excluding hydrogens is 256 g/mol. The molecule has 78 valence electrons. The third kappa shape index (κ3) is 2.48. The molecule has 2 rings (SSSR count). The van der Waals surface area contributed by atoms with Crippen molar-refractivity contribution in [1.29, 1.82) is 0 Å². The van der Waals surface area contributed by atoms with Gasteiger partial charge in [-0.05, 0) is 24.6 Å². The SMILES string of the molecule is CC1=CC(=O)O[C@H](c2ccc(Br)cc2)C1. The highest BCUT2D eigenvalue weighted by molar-refractivity contribution is 9.10. The lowest BCUT2D eigenvalue weighted by Gasteiger charge is -2.21. The molecule has 0 saturated heterocycles. The Labute approximate surface area is 97.1 Å². The Morgan fingerprint density at radius 2 is 2.00 bits per heavy atom. The maximum atomic E-state index is 11.2. The van der Waals surface area contributed by atoms with Gasteiger partial charge in [0.2, 0.25) is 0 Å². The molecule has 1 aliphatic rings. The third-order valence-corrected chi connectivity index (χ3v) is 2.90. The number of ether oxygens (including phenoxy) is 1. The third-order valence-electron chi connectivity index (χ3n) is 2.37. The van der Waals surface area contributed by atoms with Gasteiger partial charge >= 0.3 is 5.97 Å². The monoisotopic (exact) mass is 266 g/mol. The van der Waals surface area contributed by atoms with E-state index in [0.717, 1.165) is 22.0 Å². The lowest BCUT2D eigenvalue weighted by atomic mass is 10.0. The standard InChI is InChI=1S/C12H11BrO2/c1-8-6-11(15-12(14)7-8)9-2-4-10(13)5-3-9/h2-5,7,11H,6H2,1H3/t11-/m0/s1. The zero-order chi connectivity index (χ0) is 10.8. The molecule has 0 radical (unpaired) electrons. The topological polar surface area (TPSA) is 26.3 Å². The Hall–Kier alpha value is -1.09. The van der Waals surface area contributed by atoms with Gasteiger partial charge in [-0.2, -0.15) is 0 Å². The molecule has 0 bridgehead atoms. The van der Waals surface area contributed by atoms with Crippen LogP contribution in [0.3, 0.4) is 0 Å². The van der Waals surface area contributed by atoms with Crippen molar-refractivity contribution in [1.82, 2.24) is 0 Å². The first-order valence-corrected chi connectivity index (χ1v) is 5.58. The molecule has 0 spiro atoms. The van der Waals surface area contributed by atoms with E-state index < -0.39 is 0 Å². The van der Waals surface area contributed by atoms with E-state index in [1.54, 1.807) is 6.08 Å². The quantitative estimate of drug-likeness (QED) is 0.729. The number of esters is 1. The molecule has 0 N–H and O–H groups in total. The average molecular weight is 267 g/mol. The summed E-state index contributed by atoms with van der Waals surface area (Å²) >= 11 is 3.37. The van der Waals surface area contributed by atoms with Crippen LogP contribution in [-0.2, 0) is 9.53 Å². The fraction of sp³-hybridized carbons (Fsp3) is 0.250. The minimum atomic E-state index is -0.244. The van der Waals surface area contributed by atoms with E-state index in [-0.39, 0.29) is 12.1 Å². The van der Waals surface area contributed by atoms with E-state index >= 15 is 0 Å². The lowest BCUT2D eigenvalue weighted by Crippen LogP contribution is -2.15. The second kappa shape index (κ2) is 4.19. The average Bonchev–Trinajstić information content (AvgIpc) is 2.17. The Kier molecular flexibility index (Phi) is 2.91. The second-order valence-corrected chi connectivity index (χ2v) is 4.59. The van der Waals surface area contributed by atoms with Crippen LogP contribution >= 0.6 is 15.9 Å². The molecule has 0 aromatic heterocycles. The minimum absolute atomic E-state index is 0.129. The number of halogens is 1. The Morgan fingerprint density at radius 3 is 2.60 bits per heavy atom. The number of hydrogen-bond acceptors (Lipinski definition) is 2. The summed E-state index contributed by atoms with van der Waals surface area (Å²) in [5, 5.41) is 0. The molecule has 1 atom stereocenters. The van der Waals surface area contributed by atoms with Crippen molar-refractivity contribution < 1.29 is 9.53 Å². The van der Waals surface area contributed by atoms with Gasteiger partial charge in [-0.1, -0.05) is 33.6 Å². The summed E-state index contributed by atoms with van der Waals surface area (Å²) in [6, 6.07) is 7.86. The predicted molar refractivity (Wildman–Crippen MR) is 61.3 cm³/mol. The van der Waals surface area contributed by atoms with Crippen LogP contribution in [-0.4, -0.2) is 5.97 Å². The molecule has 1 aromatic rings. The van der Waals surface area contributed by atoms with Crippen LogP contribution in [0, 0.1) is 0 Å². The van der Waals surface area contributed by atoms with Gasteiger partial charge in [0.05, 0.1) is 0 Å². The van der Waals surface area contributed by atoms with Gasteiger partial charge in [-0.3, -0.25) is 0 Å². The van der Waals surface area contributed by atoms with Crippen molar-refractivity contribution in [2.24, 2.45) is 0 Å². The Balaban J connectivity index is 2.22. The second-order valence-electron chi connectivity index (χ2n) is 3.67. The van der Waals surface area contributed by atoms with E-state index in [1.165, 1.54) is 0 Å². The maximum absolute atomic E-state index is 11.2. The molecule has 1 heterocycles. The molecule has 1 aromatic carbocycles. The van der Waals surface area contributed by atoms with Crippen LogP contribution in [0.1, 0.15) is 25.0 Å². The van der Waals surface area contributed by atoms with Gasteiger partial charge in [0.25, 0.3) is 0 Å². The smallest absolute Gasteiger partial charge is 0.331 e. The van der Waals surface area contributed by atoms with Crippen molar-refractivity contribution in [3.8, 4) is 0 Å². The highest BCUT2D eigenvalue weighted by atomic mass is 79.9. The maximum Gasteiger partial charge on any atom is 0.331 e. The van der Waals surface area contributed by atoms with E-state index in [2.05, 4.69) is 15.9 Å². The summed E-state index contributed by atoms with van der Waals surface area (Å²) in [5.41, 5.74) is 2.11. The fourth-order valence-corrected chi connectivity index (χ4v) is 1.90. The molecule has 0 saturated carbocycles. The van der Waals surface area contributed by atoms with Crippen LogP contribution in [0.15, 0.2) is 40.4 Å². The number of rotatable bonds is 1. The molecule has 3 heteroatoms. The van der Waals surface area contributed by atoms with E-state index in [0.29, 0.717) is 0 Å². The molecule has 1 aliphatic heterocycles. The van der Waals surface area contributed by atoms with Crippen LogP contribution in [0.2, 0.25) is 0 Å². The number of benzene rings is 1. The van der Waals surface area contributed by atoms with Gasteiger partial charge in [-0.15, -0.1) is 0 Å². The molecular formula is C12H11BrO2. The first kappa shape index (κ1) is 10.4. The van der Waals surface area contributed by atoms with Crippen LogP contribution in [0.5, 0.6) is 0 Å². The molecule has 0 fully saturated rings. The fourth-order valence-electron chi connectivity index (χ4n) is 1.63. The van der Waals surface area contributed by atoms with Gasteiger partial charge in [0.1, 0.15) is 6.10 Å². The lowest BCUT2D eigenvalue weighted by molar-refractivity contribution is -0.144. The van der Waals surface area contributed by atoms with Gasteiger partial charge in [0, 0.05) is 17.0 Å². The summed E-state index contributed by atoms with van der Waals surface area (Å²) in [6.07, 6.45) is 2.21. The number of hydrogen-bond donors (Lipinski definition) is 0. The van der Waals surface area contributed by atoms with E-state index in [9.17, 15) is 4.79 Å². The van der Waals surface area contributed by atoms with E-state index in [1.807, 2.05) is 31.2 Å². The summed E-state index contributed by atoms with van der Waals surface area (Å²) in [4.78, 5) is 11.2. The normalized spacial score (nSPS) is 20.8. The van der Waals surface area contributed by atoms with Crippen molar-refractivity contribution in [3.63, 3.8) is 0 Å². The number of cyclic esters (lactones) is 1. The zero-order valence-electron chi connectivity index (χ0n) is 8.37. The van der Waals surface area contributed by atoms with E-state index in [4.69, 9.17) is 4.74 Å².